The molecule has 4 atom stereocenters. The minimum Gasteiger partial charge on any atom is -0.353 e. The van der Waals surface area contributed by atoms with Gasteiger partial charge in [0.05, 0.1) is 11.5 Å². The van der Waals surface area contributed by atoms with Gasteiger partial charge in [0, 0.05) is 31.4 Å². The number of aryl methyl sites for hydroxylation is 1. The number of fused-ring (bicyclic) bond motifs is 1. The van der Waals surface area contributed by atoms with Gasteiger partial charge in [-0.1, -0.05) is 6.92 Å². The summed E-state index contributed by atoms with van der Waals surface area (Å²) in [4.78, 5) is 22.0. The van der Waals surface area contributed by atoms with Crippen LogP contribution in [0.5, 0.6) is 0 Å². The highest BCUT2D eigenvalue weighted by atomic mass is 19.1. The van der Waals surface area contributed by atoms with Crippen molar-refractivity contribution in [2.45, 2.75) is 51.9 Å². The molecule has 1 aromatic rings. The van der Waals surface area contributed by atoms with E-state index < -0.39 is 6.67 Å². The lowest BCUT2D eigenvalue weighted by Gasteiger charge is -2.39. The van der Waals surface area contributed by atoms with E-state index in [1.54, 1.807) is 6.07 Å². The number of carbonyl (C=O) groups excluding carboxylic acids is 1. The summed E-state index contributed by atoms with van der Waals surface area (Å²) in [5.74, 6) is 1.43. The zero-order chi connectivity index (χ0) is 17.8. The van der Waals surface area contributed by atoms with Gasteiger partial charge in [0.25, 0.3) is 0 Å². The maximum absolute atomic E-state index is 13.1. The summed E-state index contributed by atoms with van der Waals surface area (Å²) in [7, 11) is 0. The minimum atomic E-state index is -0.477. The fourth-order valence-electron chi connectivity index (χ4n) is 5.23. The molecule has 2 saturated heterocycles. The van der Waals surface area contributed by atoms with Crippen LogP contribution in [0.3, 0.4) is 0 Å². The molecule has 3 heterocycles. The number of aromatic nitrogens is 1. The third-order valence-electron chi connectivity index (χ3n) is 6.62. The zero-order valence-corrected chi connectivity index (χ0v) is 15.0. The molecule has 5 nitrogen and oxygen atoms in total. The third-order valence-corrected chi connectivity index (χ3v) is 6.62. The van der Waals surface area contributed by atoms with E-state index in [-0.39, 0.29) is 17.5 Å². The lowest BCUT2D eigenvalue weighted by molar-refractivity contribution is -0.137. The number of pyridine rings is 1. The molecular formula is C19H27FN4O. The van der Waals surface area contributed by atoms with Crippen LogP contribution in [0, 0.1) is 18.3 Å². The van der Waals surface area contributed by atoms with Gasteiger partial charge in [-0.05, 0) is 49.8 Å². The van der Waals surface area contributed by atoms with Gasteiger partial charge in [-0.25, -0.2) is 9.37 Å². The Morgan fingerprint density at radius 2 is 2.20 bits per heavy atom. The molecule has 1 saturated carbocycles. The average Bonchev–Trinajstić information content (AvgIpc) is 3.10. The van der Waals surface area contributed by atoms with E-state index in [1.807, 2.05) is 13.0 Å². The number of carbonyl (C=O) groups is 1. The van der Waals surface area contributed by atoms with Crippen LogP contribution in [0.25, 0.3) is 0 Å². The SMILES string of the molecule is Cc1cc(CF)cc(N2CCN3C(=O)[C@]4(CC[C@@H](N)C4)C(C)C3C2)n1. The molecule has 1 aliphatic carbocycles. The third kappa shape index (κ3) is 2.53. The smallest absolute Gasteiger partial charge is 0.229 e. The van der Waals surface area contributed by atoms with Gasteiger partial charge >= 0.3 is 0 Å². The lowest BCUT2D eigenvalue weighted by atomic mass is 9.74. The van der Waals surface area contributed by atoms with Crippen molar-refractivity contribution in [2.75, 3.05) is 24.5 Å². The molecule has 2 N–H and O–H groups in total. The number of halogens is 1. The van der Waals surface area contributed by atoms with E-state index in [1.165, 1.54) is 0 Å². The number of amides is 1. The Bertz CT molecular complexity index is 696. The number of rotatable bonds is 2. The molecule has 25 heavy (non-hydrogen) atoms. The van der Waals surface area contributed by atoms with Crippen molar-refractivity contribution >= 4 is 11.7 Å². The molecule has 2 aliphatic heterocycles. The largest absolute Gasteiger partial charge is 0.353 e. The van der Waals surface area contributed by atoms with Crippen LogP contribution < -0.4 is 10.6 Å². The molecule has 2 unspecified atom stereocenters. The second kappa shape index (κ2) is 5.94. The molecular weight excluding hydrogens is 319 g/mol. The van der Waals surface area contributed by atoms with E-state index in [9.17, 15) is 9.18 Å². The Labute approximate surface area is 148 Å². The van der Waals surface area contributed by atoms with Crippen LogP contribution in [0.4, 0.5) is 10.2 Å². The van der Waals surface area contributed by atoms with Gasteiger partial charge in [0.15, 0.2) is 0 Å². The van der Waals surface area contributed by atoms with Crippen LogP contribution in [-0.2, 0) is 11.5 Å². The Morgan fingerprint density at radius 1 is 1.40 bits per heavy atom. The zero-order valence-electron chi connectivity index (χ0n) is 15.0. The Morgan fingerprint density at radius 3 is 2.88 bits per heavy atom. The predicted octanol–water partition coefficient (Wildman–Crippen LogP) is 2.02. The second-order valence-electron chi connectivity index (χ2n) is 8.07. The van der Waals surface area contributed by atoms with E-state index in [0.717, 1.165) is 43.9 Å². The molecule has 0 bridgehead atoms. The van der Waals surface area contributed by atoms with Gasteiger partial charge in [-0.3, -0.25) is 4.79 Å². The summed E-state index contributed by atoms with van der Waals surface area (Å²) in [6, 6.07) is 3.97. The maximum atomic E-state index is 13.1. The number of hydrogen-bond acceptors (Lipinski definition) is 4. The van der Waals surface area contributed by atoms with Crippen molar-refractivity contribution in [1.29, 1.82) is 0 Å². The van der Waals surface area contributed by atoms with Crippen molar-refractivity contribution in [2.24, 2.45) is 17.1 Å². The van der Waals surface area contributed by atoms with Gasteiger partial charge in [-0.15, -0.1) is 0 Å². The number of hydrogen-bond donors (Lipinski definition) is 1. The highest BCUT2D eigenvalue weighted by Crippen LogP contribution is 2.52. The Kier molecular flexibility index (Phi) is 3.98. The van der Waals surface area contributed by atoms with Crippen LogP contribution in [0.15, 0.2) is 12.1 Å². The number of nitrogens with zero attached hydrogens (tertiary/aromatic N) is 3. The van der Waals surface area contributed by atoms with Crippen LogP contribution >= 0.6 is 0 Å². The normalized spacial score (nSPS) is 34.9. The summed E-state index contributed by atoms with van der Waals surface area (Å²) in [6.07, 6.45) is 2.67. The van der Waals surface area contributed by atoms with E-state index in [4.69, 9.17) is 5.73 Å². The molecule has 4 rings (SSSR count). The topological polar surface area (TPSA) is 62.5 Å². The first-order chi connectivity index (χ1) is 11.9. The van der Waals surface area contributed by atoms with Crippen molar-refractivity contribution in [3.8, 4) is 0 Å². The number of piperazine rings is 1. The molecule has 0 radical (unpaired) electrons. The number of alkyl halides is 1. The van der Waals surface area contributed by atoms with Crippen molar-refractivity contribution in [3.05, 3.63) is 23.4 Å². The van der Waals surface area contributed by atoms with Crippen molar-refractivity contribution < 1.29 is 9.18 Å². The molecule has 1 amide bonds. The van der Waals surface area contributed by atoms with Crippen LogP contribution in [0.1, 0.15) is 37.4 Å². The van der Waals surface area contributed by atoms with Crippen molar-refractivity contribution in [1.82, 2.24) is 9.88 Å². The van der Waals surface area contributed by atoms with Crippen LogP contribution in [-0.4, -0.2) is 47.5 Å². The highest BCUT2D eigenvalue weighted by molar-refractivity contribution is 5.87. The summed E-state index contributed by atoms with van der Waals surface area (Å²) >= 11 is 0. The molecule has 1 aromatic heterocycles. The second-order valence-corrected chi connectivity index (χ2v) is 8.07. The summed E-state index contributed by atoms with van der Waals surface area (Å²) in [5.41, 5.74) is 7.38. The first-order valence-corrected chi connectivity index (χ1v) is 9.30. The van der Waals surface area contributed by atoms with Gasteiger partial charge in [0.2, 0.25) is 5.91 Å². The van der Waals surface area contributed by atoms with Crippen LogP contribution in [0.2, 0.25) is 0 Å². The van der Waals surface area contributed by atoms with Gasteiger partial charge in [-0.2, -0.15) is 0 Å². The first kappa shape index (κ1) is 16.8. The summed E-state index contributed by atoms with van der Waals surface area (Å²) in [6.45, 7) is 5.86. The Hall–Kier alpha value is -1.69. The highest BCUT2D eigenvalue weighted by Gasteiger charge is 2.60. The number of nitrogens with two attached hydrogens (primary N) is 1. The van der Waals surface area contributed by atoms with Crippen molar-refractivity contribution in [3.63, 3.8) is 0 Å². The quantitative estimate of drug-likeness (QED) is 0.890. The molecule has 136 valence electrons. The van der Waals surface area contributed by atoms with E-state index in [0.29, 0.717) is 23.9 Å². The number of anilines is 1. The lowest BCUT2D eigenvalue weighted by Crippen LogP contribution is -2.53. The molecule has 3 aliphatic rings. The maximum Gasteiger partial charge on any atom is 0.229 e. The monoisotopic (exact) mass is 346 g/mol. The van der Waals surface area contributed by atoms with Gasteiger partial charge < -0.3 is 15.5 Å². The molecule has 6 heteroatoms. The fourth-order valence-corrected chi connectivity index (χ4v) is 5.23. The fraction of sp³-hybridized carbons (Fsp3) is 0.684. The summed E-state index contributed by atoms with van der Waals surface area (Å²) in [5, 5.41) is 0. The first-order valence-electron chi connectivity index (χ1n) is 9.30. The molecule has 3 fully saturated rings. The molecule has 0 aromatic carbocycles. The average molecular weight is 346 g/mol. The minimum absolute atomic E-state index is 0.148. The standard InChI is InChI=1S/C19H27FN4O/c1-12-7-14(10-20)8-17(22-12)23-5-6-24-16(11-23)13(2)19(18(24)25)4-3-15(21)9-19/h7-8,13,15-16H,3-6,9-11,21H2,1-2H3/t13?,15-,16?,19+/m1/s1. The van der Waals surface area contributed by atoms with E-state index in [2.05, 4.69) is 21.7 Å². The van der Waals surface area contributed by atoms with E-state index >= 15 is 0 Å². The Balaban J connectivity index is 1.59. The predicted molar refractivity (Wildman–Crippen MR) is 94.9 cm³/mol. The summed E-state index contributed by atoms with van der Waals surface area (Å²) < 4.78 is 13.1. The van der Waals surface area contributed by atoms with Gasteiger partial charge in [0.1, 0.15) is 12.5 Å². The molecule has 1 spiro atoms.